The predicted molar refractivity (Wildman–Crippen MR) is 90.8 cm³/mol. The molecule has 5 nitrogen and oxygen atoms in total. The molecule has 1 N–H and O–H groups in total. The van der Waals surface area contributed by atoms with E-state index in [-0.39, 0.29) is 18.5 Å². The number of rotatable bonds is 7. The molecule has 1 amide bonds. The van der Waals surface area contributed by atoms with Crippen molar-refractivity contribution in [2.24, 2.45) is 0 Å². The van der Waals surface area contributed by atoms with Crippen LogP contribution >= 0.6 is 0 Å². The van der Waals surface area contributed by atoms with Crippen molar-refractivity contribution in [1.29, 1.82) is 0 Å². The van der Waals surface area contributed by atoms with E-state index in [1.54, 1.807) is 18.9 Å². The highest BCUT2D eigenvalue weighted by Gasteiger charge is 2.26. The number of amides is 1. The van der Waals surface area contributed by atoms with Gasteiger partial charge in [-0.15, -0.1) is 0 Å². The highest BCUT2D eigenvalue weighted by Crippen LogP contribution is 2.12. The summed E-state index contributed by atoms with van der Waals surface area (Å²) in [6.45, 7) is 5.69. The van der Waals surface area contributed by atoms with E-state index in [4.69, 9.17) is 0 Å². The van der Waals surface area contributed by atoms with E-state index in [2.05, 4.69) is 12.2 Å². The largest absolute Gasteiger partial charge is 0.325 e. The Labute approximate surface area is 133 Å². The Hall–Kier alpha value is -1.40. The van der Waals surface area contributed by atoms with Crippen LogP contribution in [-0.4, -0.2) is 50.4 Å². The average Bonchev–Trinajstić information content (AvgIpc) is 2.44. The van der Waals surface area contributed by atoms with Crippen LogP contribution in [0.25, 0.3) is 0 Å². The lowest BCUT2D eigenvalue weighted by Crippen LogP contribution is -2.44. The Morgan fingerprint density at radius 1 is 1.32 bits per heavy atom. The Morgan fingerprint density at radius 3 is 2.50 bits per heavy atom. The van der Waals surface area contributed by atoms with Gasteiger partial charge in [-0.1, -0.05) is 19.1 Å². The first-order valence-corrected chi connectivity index (χ1v) is 9.38. The molecule has 0 aliphatic carbocycles. The molecule has 0 aliphatic rings. The molecule has 0 bridgehead atoms. The molecular formula is C16H26N2O3S. The van der Waals surface area contributed by atoms with E-state index in [0.29, 0.717) is 0 Å². The van der Waals surface area contributed by atoms with E-state index < -0.39 is 15.1 Å². The van der Waals surface area contributed by atoms with Crippen molar-refractivity contribution in [2.45, 2.75) is 38.5 Å². The van der Waals surface area contributed by atoms with Gasteiger partial charge in [0, 0.05) is 18.0 Å². The van der Waals surface area contributed by atoms with Gasteiger partial charge in [-0.05, 0) is 45.0 Å². The van der Waals surface area contributed by atoms with E-state index in [1.165, 1.54) is 6.26 Å². The molecule has 0 aliphatic heterocycles. The fraction of sp³-hybridized carbons (Fsp3) is 0.562. The molecule has 22 heavy (non-hydrogen) atoms. The van der Waals surface area contributed by atoms with Gasteiger partial charge >= 0.3 is 0 Å². The number of hydrogen-bond donors (Lipinski definition) is 1. The fourth-order valence-electron chi connectivity index (χ4n) is 2.16. The summed E-state index contributed by atoms with van der Waals surface area (Å²) in [7, 11) is -1.37. The van der Waals surface area contributed by atoms with Crippen LogP contribution in [-0.2, 0) is 21.1 Å². The molecule has 1 aromatic rings. The molecule has 6 heteroatoms. The van der Waals surface area contributed by atoms with Gasteiger partial charge in [0.2, 0.25) is 5.91 Å². The number of benzene rings is 1. The molecule has 2 unspecified atom stereocenters. The molecule has 0 aromatic heterocycles. The maximum Gasteiger partial charge on any atom is 0.238 e. The summed E-state index contributed by atoms with van der Waals surface area (Å²) in [6.07, 6.45) is 2.13. The van der Waals surface area contributed by atoms with Crippen LogP contribution in [0.2, 0.25) is 0 Å². The van der Waals surface area contributed by atoms with Gasteiger partial charge in [-0.2, -0.15) is 0 Å². The van der Waals surface area contributed by atoms with Crippen molar-refractivity contribution < 1.29 is 13.2 Å². The van der Waals surface area contributed by atoms with Crippen LogP contribution in [0.1, 0.15) is 26.3 Å². The minimum absolute atomic E-state index is 0.150. The molecule has 0 spiro atoms. The van der Waals surface area contributed by atoms with Crippen LogP contribution in [0, 0.1) is 0 Å². The van der Waals surface area contributed by atoms with E-state index >= 15 is 0 Å². The lowest BCUT2D eigenvalue weighted by molar-refractivity contribution is -0.117. The molecule has 1 rings (SSSR count). The smallest absolute Gasteiger partial charge is 0.238 e. The van der Waals surface area contributed by atoms with E-state index in [1.807, 2.05) is 31.2 Å². The summed E-state index contributed by atoms with van der Waals surface area (Å²) in [5.74, 6) is -0.150. The quantitative estimate of drug-likeness (QED) is 0.831. The Bertz CT molecular complexity index is 614. The lowest BCUT2D eigenvalue weighted by atomic mass is 10.1. The average molecular weight is 326 g/mol. The number of carbonyl (C=O) groups excluding carboxylic acids is 1. The third-order valence-corrected chi connectivity index (χ3v) is 5.81. The predicted octanol–water partition coefficient (Wildman–Crippen LogP) is 1.94. The standard InChI is InChI=1S/C16H26N2O3S/c1-6-14-8-7-9-15(10-14)17-16(19)11-18(4)12(2)13(3)22(5,20)21/h7-10,12-13H,6,11H2,1-5H3,(H,17,19). The van der Waals surface area contributed by atoms with Crippen LogP contribution in [0.4, 0.5) is 5.69 Å². The van der Waals surface area contributed by atoms with Crippen molar-refractivity contribution in [1.82, 2.24) is 4.90 Å². The number of likely N-dealkylation sites (N-methyl/N-ethyl adjacent to an activating group) is 1. The third kappa shape index (κ3) is 5.42. The van der Waals surface area contributed by atoms with Crippen LogP contribution < -0.4 is 5.32 Å². The molecule has 0 radical (unpaired) electrons. The molecule has 1 aromatic carbocycles. The Balaban J connectivity index is 2.64. The highest BCUT2D eigenvalue weighted by molar-refractivity contribution is 7.91. The number of nitrogens with zero attached hydrogens (tertiary/aromatic N) is 1. The summed E-state index contributed by atoms with van der Waals surface area (Å²) >= 11 is 0. The van der Waals surface area contributed by atoms with Crippen molar-refractivity contribution >= 4 is 21.4 Å². The second-order valence-corrected chi connectivity index (χ2v) is 8.20. The van der Waals surface area contributed by atoms with Gasteiger partial charge in [0.25, 0.3) is 0 Å². The normalized spacial score (nSPS) is 14.6. The summed E-state index contributed by atoms with van der Waals surface area (Å²) in [6, 6.07) is 7.48. The SMILES string of the molecule is CCc1cccc(NC(=O)CN(C)C(C)C(C)S(C)(=O)=O)c1. The van der Waals surface area contributed by atoms with E-state index in [0.717, 1.165) is 17.7 Å². The lowest BCUT2D eigenvalue weighted by Gasteiger charge is -2.28. The second kappa shape index (κ2) is 7.74. The zero-order valence-electron chi connectivity index (χ0n) is 14.0. The number of nitrogens with one attached hydrogen (secondary N) is 1. The number of sulfone groups is 1. The zero-order chi connectivity index (χ0) is 16.9. The summed E-state index contributed by atoms with van der Waals surface area (Å²) in [5.41, 5.74) is 1.92. The van der Waals surface area contributed by atoms with Gasteiger partial charge in [0.1, 0.15) is 0 Å². The first kappa shape index (κ1) is 18.6. The van der Waals surface area contributed by atoms with Gasteiger partial charge in [-0.25, -0.2) is 8.42 Å². The monoisotopic (exact) mass is 326 g/mol. The minimum atomic E-state index is -3.12. The molecule has 0 saturated heterocycles. The van der Waals surface area contributed by atoms with Crippen molar-refractivity contribution in [3.8, 4) is 0 Å². The van der Waals surface area contributed by atoms with Crippen LogP contribution in [0.15, 0.2) is 24.3 Å². The van der Waals surface area contributed by atoms with Gasteiger partial charge in [-0.3, -0.25) is 9.69 Å². The van der Waals surface area contributed by atoms with Gasteiger partial charge in [0.05, 0.1) is 11.8 Å². The number of hydrogen-bond acceptors (Lipinski definition) is 4. The summed E-state index contributed by atoms with van der Waals surface area (Å²) in [5, 5.41) is 2.33. The first-order chi connectivity index (χ1) is 10.1. The first-order valence-electron chi connectivity index (χ1n) is 7.43. The summed E-state index contributed by atoms with van der Waals surface area (Å²) < 4.78 is 23.2. The molecular weight excluding hydrogens is 300 g/mol. The van der Waals surface area contributed by atoms with Gasteiger partial charge in [0.15, 0.2) is 9.84 Å². The molecule has 0 saturated carbocycles. The molecule has 0 heterocycles. The van der Waals surface area contributed by atoms with E-state index in [9.17, 15) is 13.2 Å². The fourth-order valence-corrected chi connectivity index (χ4v) is 3.08. The van der Waals surface area contributed by atoms with Crippen molar-refractivity contribution in [3.63, 3.8) is 0 Å². The second-order valence-electron chi connectivity index (χ2n) is 5.79. The van der Waals surface area contributed by atoms with Crippen LogP contribution in [0.5, 0.6) is 0 Å². The van der Waals surface area contributed by atoms with Gasteiger partial charge < -0.3 is 5.32 Å². The number of aryl methyl sites for hydroxylation is 1. The van der Waals surface area contributed by atoms with Crippen LogP contribution in [0.3, 0.4) is 0 Å². The Kier molecular flexibility index (Phi) is 6.56. The number of anilines is 1. The van der Waals surface area contributed by atoms with Crippen molar-refractivity contribution in [2.75, 3.05) is 25.2 Å². The maximum atomic E-state index is 12.1. The summed E-state index contributed by atoms with van der Waals surface area (Å²) in [4.78, 5) is 13.9. The third-order valence-electron chi connectivity index (χ3n) is 4.06. The minimum Gasteiger partial charge on any atom is -0.325 e. The topological polar surface area (TPSA) is 66.5 Å². The molecule has 124 valence electrons. The zero-order valence-corrected chi connectivity index (χ0v) is 14.8. The Morgan fingerprint density at radius 2 is 1.95 bits per heavy atom. The maximum absolute atomic E-state index is 12.1. The van der Waals surface area contributed by atoms with Crippen molar-refractivity contribution in [3.05, 3.63) is 29.8 Å². The molecule has 2 atom stereocenters. The number of carbonyl (C=O) groups is 1. The molecule has 0 fully saturated rings. The highest BCUT2D eigenvalue weighted by atomic mass is 32.2.